The molecule has 0 radical (unpaired) electrons. The van der Waals surface area contributed by atoms with Crippen molar-refractivity contribution in [1.82, 2.24) is 4.90 Å². The molecule has 1 saturated heterocycles. The molecule has 5 nitrogen and oxygen atoms in total. The van der Waals surface area contributed by atoms with Crippen LogP contribution < -0.4 is 0 Å². The van der Waals surface area contributed by atoms with Gasteiger partial charge in [-0.05, 0) is 49.8 Å². The van der Waals surface area contributed by atoms with Crippen LogP contribution in [0.15, 0.2) is 22.3 Å². The first-order valence-corrected chi connectivity index (χ1v) is 7.81. The molecule has 1 N–H and O–H groups in total. The predicted molar refractivity (Wildman–Crippen MR) is 84.0 cm³/mol. The third-order valence-electron chi connectivity index (χ3n) is 4.99. The maximum Gasteiger partial charge on any atom is 0.407 e. The molecule has 0 aromatic rings. The van der Waals surface area contributed by atoms with Crippen LogP contribution in [0.25, 0.3) is 0 Å². The Morgan fingerprint density at radius 2 is 2.00 bits per heavy atom. The SMILES string of the molecule is COC1(C2CCN(C(=O)O)CC2)CC(C(C)=O)=CC(Cl)=C1C. The minimum atomic E-state index is -0.886. The number of Topliss-reactive ketones (excluding diaryl/α,β-unsaturated/α-hetero) is 1. The van der Waals surface area contributed by atoms with Gasteiger partial charge in [-0.25, -0.2) is 4.79 Å². The molecule has 1 aliphatic carbocycles. The molecule has 1 fully saturated rings. The van der Waals surface area contributed by atoms with Crippen molar-refractivity contribution in [2.24, 2.45) is 5.92 Å². The van der Waals surface area contributed by atoms with Crippen molar-refractivity contribution in [3.05, 3.63) is 22.3 Å². The van der Waals surface area contributed by atoms with Crippen LogP contribution in [-0.2, 0) is 9.53 Å². The highest BCUT2D eigenvalue weighted by Gasteiger charge is 2.46. The molecule has 122 valence electrons. The number of carbonyl (C=O) groups excluding carboxylic acids is 1. The number of ketones is 1. The zero-order valence-corrected chi connectivity index (χ0v) is 13.9. The summed E-state index contributed by atoms with van der Waals surface area (Å²) < 4.78 is 5.88. The van der Waals surface area contributed by atoms with Crippen LogP contribution in [0.1, 0.15) is 33.1 Å². The fraction of sp³-hybridized carbons (Fsp3) is 0.625. The smallest absolute Gasteiger partial charge is 0.407 e. The number of carbonyl (C=O) groups is 2. The number of hydrogen-bond donors (Lipinski definition) is 1. The van der Waals surface area contributed by atoms with Crippen molar-refractivity contribution in [2.75, 3.05) is 20.2 Å². The summed E-state index contributed by atoms with van der Waals surface area (Å²) in [6.07, 6.45) is 2.74. The molecule has 2 rings (SSSR count). The lowest BCUT2D eigenvalue weighted by molar-refractivity contribution is -0.115. The van der Waals surface area contributed by atoms with Crippen LogP contribution in [0.2, 0.25) is 0 Å². The number of amides is 1. The van der Waals surface area contributed by atoms with E-state index in [9.17, 15) is 9.59 Å². The number of ether oxygens (including phenoxy) is 1. The summed E-state index contributed by atoms with van der Waals surface area (Å²) in [4.78, 5) is 24.3. The number of carboxylic acid groups (broad SMARTS) is 1. The average molecular weight is 328 g/mol. The van der Waals surface area contributed by atoms with Gasteiger partial charge in [0.15, 0.2) is 5.78 Å². The average Bonchev–Trinajstić information content (AvgIpc) is 2.50. The Morgan fingerprint density at radius 1 is 1.41 bits per heavy atom. The summed E-state index contributed by atoms with van der Waals surface area (Å²) in [5.41, 5.74) is 0.978. The van der Waals surface area contributed by atoms with Crippen LogP contribution in [-0.4, -0.2) is 47.7 Å². The molecule has 0 saturated carbocycles. The van der Waals surface area contributed by atoms with E-state index >= 15 is 0 Å². The molecule has 1 heterocycles. The van der Waals surface area contributed by atoms with Crippen molar-refractivity contribution in [3.63, 3.8) is 0 Å². The molecular weight excluding hydrogens is 306 g/mol. The fourth-order valence-corrected chi connectivity index (χ4v) is 3.83. The number of likely N-dealkylation sites (tertiary alicyclic amines) is 1. The van der Waals surface area contributed by atoms with Crippen molar-refractivity contribution < 1.29 is 19.4 Å². The molecule has 0 bridgehead atoms. The zero-order chi connectivity index (χ0) is 16.5. The summed E-state index contributed by atoms with van der Waals surface area (Å²) in [6.45, 7) is 4.43. The molecule has 1 amide bonds. The van der Waals surface area contributed by atoms with Gasteiger partial charge in [0.1, 0.15) is 0 Å². The van der Waals surface area contributed by atoms with Gasteiger partial charge in [0, 0.05) is 31.7 Å². The molecule has 1 atom stereocenters. The Labute approximate surface area is 135 Å². The standard InChI is InChI=1S/C16H22ClNO4/c1-10-14(17)8-12(11(2)19)9-16(10,22-3)13-4-6-18(7-5-13)15(20)21/h8,13H,4-7,9H2,1-3H3,(H,20,21). The van der Waals surface area contributed by atoms with E-state index < -0.39 is 11.7 Å². The van der Waals surface area contributed by atoms with Gasteiger partial charge >= 0.3 is 6.09 Å². The second kappa shape index (κ2) is 6.42. The van der Waals surface area contributed by atoms with Gasteiger partial charge in [0.2, 0.25) is 0 Å². The van der Waals surface area contributed by atoms with Gasteiger partial charge in [-0.2, -0.15) is 0 Å². The first-order chi connectivity index (χ1) is 10.3. The Bertz CT molecular complexity index is 546. The van der Waals surface area contributed by atoms with E-state index in [1.807, 2.05) is 6.92 Å². The zero-order valence-electron chi connectivity index (χ0n) is 13.2. The van der Waals surface area contributed by atoms with Gasteiger partial charge < -0.3 is 14.7 Å². The second-order valence-electron chi connectivity index (χ2n) is 6.01. The third kappa shape index (κ3) is 2.92. The van der Waals surface area contributed by atoms with E-state index in [0.717, 1.165) is 5.57 Å². The van der Waals surface area contributed by atoms with E-state index in [1.54, 1.807) is 13.2 Å². The van der Waals surface area contributed by atoms with Crippen molar-refractivity contribution in [1.29, 1.82) is 0 Å². The maximum atomic E-state index is 11.8. The largest absolute Gasteiger partial charge is 0.465 e. The lowest BCUT2D eigenvalue weighted by Gasteiger charge is -2.46. The van der Waals surface area contributed by atoms with Gasteiger partial charge in [0.05, 0.1) is 5.60 Å². The monoisotopic (exact) mass is 327 g/mol. The normalized spacial score (nSPS) is 26.9. The minimum absolute atomic E-state index is 0.00459. The Hall–Kier alpha value is -1.33. The molecule has 1 aliphatic heterocycles. The van der Waals surface area contributed by atoms with E-state index in [1.165, 1.54) is 11.8 Å². The van der Waals surface area contributed by atoms with E-state index in [2.05, 4.69) is 0 Å². The van der Waals surface area contributed by atoms with Gasteiger partial charge in [-0.15, -0.1) is 0 Å². The summed E-state index contributed by atoms with van der Waals surface area (Å²) >= 11 is 6.33. The molecule has 0 aromatic heterocycles. The molecule has 2 aliphatic rings. The number of allylic oxidation sites excluding steroid dienone is 2. The molecular formula is C16H22ClNO4. The molecule has 1 unspecified atom stereocenters. The highest BCUT2D eigenvalue weighted by molar-refractivity contribution is 6.32. The summed E-state index contributed by atoms with van der Waals surface area (Å²) in [5, 5.41) is 9.63. The molecule has 0 aromatic carbocycles. The number of nitrogens with zero attached hydrogens (tertiary/aromatic N) is 1. The van der Waals surface area contributed by atoms with Crippen molar-refractivity contribution >= 4 is 23.5 Å². The summed E-state index contributed by atoms with van der Waals surface area (Å²) in [5.74, 6) is 0.139. The first-order valence-electron chi connectivity index (χ1n) is 7.43. The number of hydrogen-bond acceptors (Lipinski definition) is 3. The molecule has 0 spiro atoms. The lowest BCUT2D eigenvalue weighted by Crippen LogP contribution is -2.49. The van der Waals surface area contributed by atoms with E-state index in [0.29, 0.717) is 43.0 Å². The van der Waals surface area contributed by atoms with Crippen molar-refractivity contribution in [3.8, 4) is 0 Å². The van der Waals surface area contributed by atoms with Crippen LogP contribution in [0, 0.1) is 5.92 Å². The number of halogens is 1. The first kappa shape index (κ1) is 17.0. The van der Waals surface area contributed by atoms with Crippen molar-refractivity contribution in [2.45, 2.75) is 38.7 Å². The number of methoxy groups -OCH3 is 1. The predicted octanol–water partition coefficient (Wildman–Crippen LogP) is 3.19. The van der Waals surface area contributed by atoms with Gasteiger partial charge in [0.25, 0.3) is 0 Å². The van der Waals surface area contributed by atoms with Crippen LogP contribution >= 0.6 is 11.6 Å². The third-order valence-corrected chi connectivity index (χ3v) is 5.38. The lowest BCUT2D eigenvalue weighted by atomic mass is 9.70. The highest BCUT2D eigenvalue weighted by atomic mass is 35.5. The quantitative estimate of drug-likeness (QED) is 0.864. The second-order valence-corrected chi connectivity index (χ2v) is 6.42. The Kier molecular flexibility index (Phi) is 4.97. The topological polar surface area (TPSA) is 66.8 Å². The van der Waals surface area contributed by atoms with Gasteiger partial charge in [-0.3, -0.25) is 4.79 Å². The minimum Gasteiger partial charge on any atom is -0.465 e. The Morgan fingerprint density at radius 3 is 2.45 bits per heavy atom. The maximum absolute atomic E-state index is 11.8. The van der Waals surface area contributed by atoms with Gasteiger partial charge in [-0.1, -0.05) is 11.6 Å². The van der Waals surface area contributed by atoms with E-state index in [4.69, 9.17) is 21.4 Å². The highest BCUT2D eigenvalue weighted by Crippen LogP contribution is 2.45. The van der Waals surface area contributed by atoms with E-state index in [-0.39, 0.29) is 11.7 Å². The molecule has 6 heteroatoms. The summed E-state index contributed by atoms with van der Waals surface area (Å²) in [7, 11) is 1.64. The summed E-state index contributed by atoms with van der Waals surface area (Å²) in [6, 6.07) is 0. The number of piperidine rings is 1. The molecule has 22 heavy (non-hydrogen) atoms. The number of rotatable bonds is 3. The fourth-order valence-electron chi connectivity index (χ4n) is 3.54. The van der Waals surface area contributed by atoms with Crippen LogP contribution in [0.5, 0.6) is 0 Å². The van der Waals surface area contributed by atoms with Crippen LogP contribution in [0.3, 0.4) is 0 Å². The Balaban J connectivity index is 2.28. The van der Waals surface area contributed by atoms with Crippen LogP contribution in [0.4, 0.5) is 4.79 Å².